The Balaban J connectivity index is 0.00000161. The molecule has 0 atom stereocenters. The molecule has 0 amide bonds. The van der Waals surface area contributed by atoms with Crippen LogP contribution in [0.2, 0.25) is 0 Å². The maximum Gasteiger partial charge on any atom is 0.285 e. The fourth-order valence-electron chi connectivity index (χ4n) is 1.92. The molecule has 2 heterocycles. The number of halogens is 1. The van der Waals surface area contributed by atoms with Crippen LogP contribution in [0.1, 0.15) is 0 Å². The number of hydrogen-bond donors (Lipinski definition) is 0. The summed E-state index contributed by atoms with van der Waals surface area (Å²) in [6.45, 7) is 0. The Morgan fingerprint density at radius 1 is 1.00 bits per heavy atom. The van der Waals surface area contributed by atoms with Gasteiger partial charge in [0.15, 0.2) is 0 Å². The highest BCUT2D eigenvalue weighted by atomic mass is 35.5. The highest BCUT2D eigenvalue weighted by molar-refractivity contribution is 7.89. The van der Waals surface area contributed by atoms with Gasteiger partial charge in [-0.25, -0.2) is 0 Å². The minimum absolute atomic E-state index is 0. The average Bonchev–Trinajstić information content (AvgIpc) is 2.76. The van der Waals surface area contributed by atoms with Gasteiger partial charge in [-0.05, 0) is 12.2 Å². The first kappa shape index (κ1) is 15.2. The molecule has 2 aromatic rings. The molecule has 3 rings (SSSR count). The van der Waals surface area contributed by atoms with E-state index in [0.717, 1.165) is 9.80 Å². The zero-order valence-electron chi connectivity index (χ0n) is 10.8. The van der Waals surface area contributed by atoms with E-state index < -0.39 is 10.0 Å². The Hall–Kier alpha value is -2.18. The molecule has 21 heavy (non-hydrogen) atoms. The molecule has 0 fully saturated rings. The molecule has 108 valence electrons. The Bertz CT molecular complexity index is 823. The molecular formula is C14H12ClN3O2S. The topological polar surface area (TPSA) is 62.6 Å². The van der Waals surface area contributed by atoms with Crippen LogP contribution in [-0.4, -0.2) is 24.0 Å². The number of fused-ring (bicyclic) bond motifs is 1. The summed E-state index contributed by atoms with van der Waals surface area (Å²) in [5.41, 5.74) is 0. The molecule has 5 nitrogen and oxygen atoms in total. The minimum atomic E-state index is -3.77. The number of allylic oxidation sites excluding steroid dienone is 3. The number of hydrogen-bond acceptors (Lipinski definition) is 4. The molecule has 0 spiro atoms. The van der Waals surface area contributed by atoms with Gasteiger partial charge in [0.2, 0.25) is 0 Å². The lowest BCUT2D eigenvalue weighted by atomic mass is 10.2. The molecule has 1 aromatic carbocycles. The lowest BCUT2D eigenvalue weighted by Crippen LogP contribution is -2.21. The molecule has 0 saturated heterocycles. The first-order chi connectivity index (χ1) is 9.69. The summed E-state index contributed by atoms with van der Waals surface area (Å²) in [4.78, 5) is 4.14. The zero-order chi connectivity index (χ0) is 14.0. The van der Waals surface area contributed by atoms with Gasteiger partial charge in [-0.15, -0.1) is 12.4 Å². The van der Waals surface area contributed by atoms with E-state index in [1.165, 1.54) is 18.6 Å². The first-order valence-corrected chi connectivity index (χ1v) is 7.38. The number of sulfonamides is 1. The van der Waals surface area contributed by atoms with Crippen LogP contribution in [0.15, 0.2) is 71.1 Å². The van der Waals surface area contributed by atoms with E-state index in [-0.39, 0.29) is 17.3 Å². The van der Waals surface area contributed by atoms with E-state index in [9.17, 15) is 8.42 Å². The minimum Gasteiger partial charge on any atom is -0.263 e. The summed E-state index contributed by atoms with van der Waals surface area (Å²) in [6.07, 6.45) is 10.8. The zero-order valence-corrected chi connectivity index (χ0v) is 12.5. The standard InChI is InChI=1S/C14H11N3O2S.ClH/c18-20(19,17-9-5-1-4-8-16-17)14-11-15-10-12-6-2-3-7-13(12)14;/h1-11H;1H. The van der Waals surface area contributed by atoms with Gasteiger partial charge in [0.05, 0.1) is 0 Å². The molecule has 1 aliphatic heterocycles. The summed E-state index contributed by atoms with van der Waals surface area (Å²) in [5.74, 6) is 0. The van der Waals surface area contributed by atoms with Crippen LogP contribution in [0.25, 0.3) is 10.8 Å². The fraction of sp³-hybridized carbons (Fsp3) is 0. The van der Waals surface area contributed by atoms with E-state index in [1.807, 2.05) is 12.1 Å². The van der Waals surface area contributed by atoms with Crippen LogP contribution in [-0.2, 0) is 10.0 Å². The molecule has 7 heteroatoms. The smallest absolute Gasteiger partial charge is 0.263 e. The van der Waals surface area contributed by atoms with Gasteiger partial charge in [-0.2, -0.15) is 17.9 Å². The second-order valence-electron chi connectivity index (χ2n) is 4.13. The van der Waals surface area contributed by atoms with Crippen molar-refractivity contribution in [3.63, 3.8) is 0 Å². The van der Waals surface area contributed by atoms with Crippen molar-refractivity contribution in [1.82, 2.24) is 9.40 Å². The van der Waals surface area contributed by atoms with Gasteiger partial charge in [-0.1, -0.05) is 30.3 Å². The Kier molecular flexibility index (Phi) is 4.40. The number of aromatic nitrogens is 1. The molecular weight excluding hydrogens is 310 g/mol. The molecule has 0 unspecified atom stereocenters. The normalized spacial score (nSPS) is 14.0. The van der Waals surface area contributed by atoms with Gasteiger partial charge in [0.1, 0.15) is 4.90 Å². The van der Waals surface area contributed by atoms with Crippen molar-refractivity contribution in [1.29, 1.82) is 0 Å². The van der Waals surface area contributed by atoms with E-state index in [1.54, 1.807) is 36.6 Å². The van der Waals surface area contributed by atoms with Crippen molar-refractivity contribution >= 4 is 39.4 Å². The van der Waals surface area contributed by atoms with Gasteiger partial charge >= 0.3 is 0 Å². The number of nitrogens with zero attached hydrogens (tertiary/aromatic N) is 3. The fourth-order valence-corrected chi connectivity index (χ4v) is 3.19. The van der Waals surface area contributed by atoms with Crippen molar-refractivity contribution in [3.05, 3.63) is 61.1 Å². The monoisotopic (exact) mass is 321 g/mol. The number of rotatable bonds is 2. The van der Waals surface area contributed by atoms with Crippen LogP contribution in [0.3, 0.4) is 0 Å². The number of hydrazone groups is 1. The molecule has 0 radical (unpaired) electrons. The van der Waals surface area contributed by atoms with Crippen LogP contribution >= 0.6 is 12.4 Å². The van der Waals surface area contributed by atoms with Crippen molar-refractivity contribution < 1.29 is 8.42 Å². The lowest BCUT2D eigenvalue weighted by molar-refractivity contribution is 0.517. The third-order valence-corrected chi connectivity index (χ3v) is 4.45. The first-order valence-electron chi connectivity index (χ1n) is 5.94. The largest absolute Gasteiger partial charge is 0.285 e. The molecule has 1 aliphatic rings. The summed E-state index contributed by atoms with van der Waals surface area (Å²) in [7, 11) is -3.77. The second kappa shape index (κ2) is 6.07. The summed E-state index contributed by atoms with van der Waals surface area (Å²) >= 11 is 0. The van der Waals surface area contributed by atoms with Gasteiger partial charge < -0.3 is 0 Å². The third-order valence-electron chi connectivity index (χ3n) is 2.86. The van der Waals surface area contributed by atoms with E-state index in [4.69, 9.17) is 0 Å². The van der Waals surface area contributed by atoms with Crippen LogP contribution in [0, 0.1) is 0 Å². The maximum absolute atomic E-state index is 12.6. The van der Waals surface area contributed by atoms with Crippen molar-refractivity contribution in [3.8, 4) is 0 Å². The summed E-state index contributed by atoms with van der Waals surface area (Å²) in [5, 5.41) is 5.30. The Morgan fingerprint density at radius 3 is 2.67 bits per heavy atom. The van der Waals surface area contributed by atoms with Gasteiger partial charge in [0.25, 0.3) is 10.0 Å². The second-order valence-corrected chi connectivity index (χ2v) is 5.89. The Labute approximate surface area is 128 Å². The van der Waals surface area contributed by atoms with Crippen LogP contribution < -0.4 is 0 Å². The average molecular weight is 322 g/mol. The van der Waals surface area contributed by atoms with E-state index in [0.29, 0.717) is 5.39 Å². The number of benzene rings is 1. The molecule has 1 aromatic heterocycles. The molecule has 0 aliphatic carbocycles. The van der Waals surface area contributed by atoms with Crippen LogP contribution in [0.4, 0.5) is 0 Å². The summed E-state index contributed by atoms with van der Waals surface area (Å²) in [6, 6.07) is 7.22. The van der Waals surface area contributed by atoms with Gasteiger partial charge in [0, 0.05) is 35.6 Å². The highest BCUT2D eigenvalue weighted by Gasteiger charge is 2.24. The molecule has 0 bridgehead atoms. The third kappa shape index (κ3) is 2.81. The highest BCUT2D eigenvalue weighted by Crippen LogP contribution is 2.25. The Morgan fingerprint density at radius 2 is 1.81 bits per heavy atom. The maximum atomic E-state index is 12.6. The van der Waals surface area contributed by atoms with E-state index in [2.05, 4.69) is 10.1 Å². The van der Waals surface area contributed by atoms with Crippen LogP contribution in [0.5, 0.6) is 0 Å². The van der Waals surface area contributed by atoms with Crippen molar-refractivity contribution in [2.75, 3.05) is 0 Å². The molecule has 0 N–H and O–H groups in total. The predicted octanol–water partition coefficient (Wildman–Crippen LogP) is 2.72. The van der Waals surface area contributed by atoms with Gasteiger partial charge in [-0.3, -0.25) is 4.98 Å². The number of pyridine rings is 1. The van der Waals surface area contributed by atoms with E-state index >= 15 is 0 Å². The quantitative estimate of drug-likeness (QED) is 0.854. The van der Waals surface area contributed by atoms with Crippen molar-refractivity contribution in [2.45, 2.75) is 4.90 Å². The SMILES string of the molecule is Cl.O=S(=O)(c1cncc2ccccc12)N1C=CC=CC=N1. The summed E-state index contributed by atoms with van der Waals surface area (Å²) < 4.78 is 26.2. The van der Waals surface area contributed by atoms with Crippen molar-refractivity contribution in [2.24, 2.45) is 5.10 Å². The predicted molar refractivity (Wildman–Crippen MR) is 84.8 cm³/mol. The lowest BCUT2D eigenvalue weighted by Gasteiger charge is -2.15. The molecule has 0 saturated carbocycles.